The molecule has 14 heavy (non-hydrogen) atoms. The molecule has 1 heterocycles. The van der Waals surface area contributed by atoms with Crippen LogP contribution in [0.2, 0.25) is 0 Å². The second-order valence-electron chi connectivity index (χ2n) is 3.91. The summed E-state index contributed by atoms with van der Waals surface area (Å²) in [6, 6.07) is 0. The van der Waals surface area contributed by atoms with Gasteiger partial charge in [-0.2, -0.15) is 0 Å². The highest BCUT2D eigenvalue weighted by Crippen LogP contribution is 2.22. The lowest BCUT2D eigenvalue weighted by Gasteiger charge is -2.32. The van der Waals surface area contributed by atoms with Gasteiger partial charge in [0.25, 0.3) is 0 Å². The Morgan fingerprint density at radius 1 is 1.71 bits per heavy atom. The molecule has 0 aromatic rings. The number of methoxy groups -OCH3 is 1. The van der Waals surface area contributed by atoms with E-state index in [-0.39, 0.29) is 5.91 Å². The zero-order valence-electron chi connectivity index (χ0n) is 9.08. The molecule has 1 atom stereocenters. The summed E-state index contributed by atoms with van der Waals surface area (Å²) in [5, 5.41) is 0. The smallest absolute Gasteiger partial charge is 0.222 e. The van der Waals surface area contributed by atoms with Crippen LogP contribution < -0.4 is 0 Å². The second-order valence-corrected chi connectivity index (χ2v) is 3.91. The molecule has 0 saturated carbocycles. The van der Waals surface area contributed by atoms with Crippen molar-refractivity contribution in [3.63, 3.8) is 0 Å². The topological polar surface area (TPSA) is 29.5 Å². The molecule has 1 unspecified atom stereocenters. The SMILES string of the molecule is C=C(C)C1CCC(=O)N(CCOC)C1. The maximum atomic E-state index is 11.5. The number of rotatable bonds is 4. The van der Waals surface area contributed by atoms with Crippen molar-refractivity contribution in [2.24, 2.45) is 5.92 Å². The van der Waals surface area contributed by atoms with Crippen LogP contribution in [0.4, 0.5) is 0 Å². The summed E-state index contributed by atoms with van der Waals surface area (Å²) < 4.78 is 4.97. The molecule has 80 valence electrons. The van der Waals surface area contributed by atoms with Crippen LogP contribution in [-0.4, -0.2) is 37.6 Å². The fourth-order valence-corrected chi connectivity index (χ4v) is 1.73. The van der Waals surface area contributed by atoms with Crippen LogP contribution in [0, 0.1) is 5.92 Å². The zero-order valence-corrected chi connectivity index (χ0v) is 9.08. The summed E-state index contributed by atoms with van der Waals surface area (Å²) in [7, 11) is 1.66. The van der Waals surface area contributed by atoms with Gasteiger partial charge in [0, 0.05) is 26.6 Å². The third-order valence-electron chi connectivity index (χ3n) is 2.76. The molecule has 0 radical (unpaired) electrons. The molecule has 1 saturated heterocycles. The van der Waals surface area contributed by atoms with E-state index in [1.807, 2.05) is 11.8 Å². The lowest BCUT2D eigenvalue weighted by atomic mass is 9.92. The number of carbonyl (C=O) groups is 1. The molecule has 1 rings (SSSR count). The van der Waals surface area contributed by atoms with E-state index in [0.29, 0.717) is 25.5 Å². The maximum Gasteiger partial charge on any atom is 0.222 e. The summed E-state index contributed by atoms with van der Waals surface area (Å²) in [5.41, 5.74) is 1.18. The number of hydrogen-bond donors (Lipinski definition) is 0. The molecule has 0 bridgehead atoms. The lowest BCUT2D eigenvalue weighted by Crippen LogP contribution is -2.41. The summed E-state index contributed by atoms with van der Waals surface area (Å²) in [6.45, 7) is 8.13. The predicted octanol–water partition coefficient (Wildman–Crippen LogP) is 1.45. The molecule has 3 heteroatoms. The van der Waals surface area contributed by atoms with Gasteiger partial charge in [-0.3, -0.25) is 4.79 Å². The summed E-state index contributed by atoms with van der Waals surface area (Å²) in [5.74, 6) is 0.726. The quantitative estimate of drug-likeness (QED) is 0.638. The van der Waals surface area contributed by atoms with E-state index < -0.39 is 0 Å². The van der Waals surface area contributed by atoms with E-state index >= 15 is 0 Å². The number of piperidine rings is 1. The van der Waals surface area contributed by atoms with Crippen LogP contribution in [0.3, 0.4) is 0 Å². The first kappa shape index (κ1) is 11.2. The largest absolute Gasteiger partial charge is 0.383 e. The highest BCUT2D eigenvalue weighted by atomic mass is 16.5. The summed E-state index contributed by atoms with van der Waals surface area (Å²) in [4.78, 5) is 13.4. The maximum absolute atomic E-state index is 11.5. The lowest BCUT2D eigenvalue weighted by molar-refractivity contribution is -0.135. The normalized spacial score (nSPS) is 22.6. The van der Waals surface area contributed by atoms with Crippen molar-refractivity contribution in [1.82, 2.24) is 4.90 Å². The number of likely N-dealkylation sites (tertiary alicyclic amines) is 1. The average Bonchev–Trinajstić information content (AvgIpc) is 2.16. The van der Waals surface area contributed by atoms with Crippen molar-refractivity contribution < 1.29 is 9.53 Å². The predicted molar refractivity (Wildman–Crippen MR) is 56.0 cm³/mol. The summed E-state index contributed by atoms with van der Waals surface area (Å²) >= 11 is 0. The highest BCUT2D eigenvalue weighted by Gasteiger charge is 2.25. The first-order valence-electron chi connectivity index (χ1n) is 5.07. The Labute approximate surface area is 85.7 Å². The standard InChI is InChI=1S/C11H19NO2/c1-9(2)10-4-5-11(13)12(8-10)6-7-14-3/h10H,1,4-8H2,2-3H3. The molecule has 0 aliphatic carbocycles. The van der Waals surface area contributed by atoms with E-state index in [1.165, 1.54) is 5.57 Å². The van der Waals surface area contributed by atoms with E-state index in [9.17, 15) is 4.79 Å². The first-order chi connectivity index (χ1) is 6.65. The summed E-state index contributed by atoms with van der Waals surface area (Å²) in [6.07, 6.45) is 1.61. The van der Waals surface area contributed by atoms with Crippen molar-refractivity contribution in [3.8, 4) is 0 Å². The third-order valence-corrected chi connectivity index (χ3v) is 2.76. The Morgan fingerprint density at radius 2 is 2.43 bits per heavy atom. The van der Waals surface area contributed by atoms with Crippen LogP contribution in [0.1, 0.15) is 19.8 Å². The van der Waals surface area contributed by atoms with Crippen LogP contribution in [0.5, 0.6) is 0 Å². The van der Waals surface area contributed by atoms with Crippen LogP contribution in [0.15, 0.2) is 12.2 Å². The van der Waals surface area contributed by atoms with Gasteiger partial charge in [0.1, 0.15) is 0 Å². The second kappa shape index (κ2) is 5.15. The molecule has 1 amide bonds. The van der Waals surface area contributed by atoms with E-state index in [0.717, 1.165) is 13.0 Å². The van der Waals surface area contributed by atoms with Gasteiger partial charge in [0.15, 0.2) is 0 Å². The van der Waals surface area contributed by atoms with Gasteiger partial charge in [-0.15, -0.1) is 0 Å². The monoisotopic (exact) mass is 197 g/mol. The van der Waals surface area contributed by atoms with E-state index in [1.54, 1.807) is 7.11 Å². The molecule has 1 fully saturated rings. The zero-order chi connectivity index (χ0) is 10.6. The number of ether oxygens (including phenoxy) is 1. The van der Waals surface area contributed by atoms with Crippen molar-refractivity contribution in [3.05, 3.63) is 12.2 Å². The van der Waals surface area contributed by atoms with Crippen LogP contribution in [-0.2, 0) is 9.53 Å². The Morgan fingerprint density at radius 3 is 3.00 bits per heavy atom. The van der Waals surface area contributed by atoms with Crippen molar-refractivity contribution in [2.75, 3.05) is 26.8 Å². The van der Waals surface area contributed by atoms with Gasteiger partial charge in [0.05, 0.1) is 6.61 Å². The average molecular weight is 197 g/mol. The van der Waals surface area contributed by atoms with E-state index in [4.69, 9.17) is 4.74 Å². The minimum atomic E-state index is 0.250. The molecular weight excluding hydrogens is 178 g/mol. The first-order valence-corrected chi connectivity index (χ1v) is 5.07. The molecule has 0 aromatic carbocycles. The number of carbonyl (C=O) groups excluding carboxylic acids is 1. The van der Waals surface area contributed by atoms with Gasteiger partial charge < -0.3 is 9.64 Å². The Hall–Kier alpha value is -0.830. The molecule has 1 aliphatic heterocycles. The van der Waals surface area contributed by atoms with Crippen molar-refractivity contribution >= 4 is 5.91 Å². The Bertz CT molecular complexity index is 225. The van der Waals surface area contributed by atoms with Crippen LogP contribution in [0.25, 0.3) is 0 Å². The minimum absolute atomic E-state index is 0.250. The van der Waals surface area contributed by atoms with E-state index in [2.05, 4.69) is 6.58 Å². The van der Waals surface area contributed by atoms with Gasteiger partial charge >= 0.3 is 0 Å². The number of nitrogens with zero attached hydrogens (tertiary/aromatic N) is 1. The van der Waals surface area contributed by atoms with Crippen molar-refractivity contribution in [2.45, 2.75) is 19.8 Å². The van der Waals surface area contributed by atoms with Crippen LogP contribution >= 0.6 is 0 Å². The number of hydrogen-bond acceptors (Lipinski definition) is 2. The van der Waals surface area contributed by atoms with Gasteiger partial charge in [0.2, 0.25) is 5.91 Å². The molecule has 0 spiro atoms. The number of amides is 1. The Balaban J connectivity index is 2.46. The van der Waals surface area contributed by atoms with Crippen molar-refractivity contribution in [1.29, 1.82) is 0 Å². The van der Waals surface area contributed by atoms with Gasteiger partial charge in [-0.25, -0.2) is 0 Å². The van der Waals surface area contributed by atoms with Gasteiger partial charge in [-0.1, -0.05) is 12.2 Å². The molecule has 1 aliphatic rings. The highest BCUT2D eigenvalue weighted by molar-refractivity contribution is 5.77. The molecule has 0 aromatic heterocycles. The fraction of sp³-hybridized carbons (Fsp3) is 0.727. The fourth-order valence-electron chi connectivity index (χ4n) is 1.73. The van der Waals surface area contributed by atoms with Gasteiger partial charge in [-0.05, 0) is 19.3 Å². The molecular formula is C11H19NO2. The third kappa shape index (κ3) is 2.84. The minimum Gasteiger partial charge on any atom is -0.383 e. The Kier molecular flexibility index (Phi) is 4.14. The molecule has 0 N–H and O–H groups in total. The molecule has 3 nitrogen and oxygen atoms in total.